The average Bonchev–Trinajstić information content (AvgIpc) is 2.57. The maximum absolute atomic E-state index is 12.8. The summed E-state index contributed by atoms with van der Waals surface area (Å²) >= 11 is 3.33. The van der Waals surface area contributed by atoms with Crippen LogP contribution in [0.15, 0.2) is 56.6 Å². The lowest BCUT2D eigenvalue weighted by atomic mass is 10.2. The van der Waals surface area contributed by atoms with Crippen molar-refractivity contribution in [2.24, 2.45) is 7.05 Å². The Labute approximate surface area is 159 Å². The smallest absolute Gasteiger partial charge is 0.262 e. The van der Waals surface area contributed by atoms with Crippen molar-refractivity contribution < 1.29 is 13.2 Å². The van der Waals surface area contributed by atoms with E-state index in [1.54, 1.807) is 50.4 Å². The molecular weight excluding hydrogens is 420 g/mol. The van der Waals surface area contributed by atoms with Crippen molar-refractivity contribution in [3.63, 3.8) is 0 Å². The maximum atomic E-state index is 12.8. The summed E-state index contributed by atoms with van der Waals surface area (Å²) in [5.41, 5.74) is 1.42. The number of hydrogen-bond donors (Lipinski definition) is 1. The van der Waals surface area contributed by atoms with Crippen molar-refractivity contribution in [1.82, 2.24) is 4.57 Å². The number of sulfonamides is 1. The number of aryl methyl sites for hydroxylation is 2. The van der Waals surface area contributed by atoms with Gasteiger partial charge in [-0.2, -0.15) is 0 Å². The first kappa shape index (κ1) is 18.5. The first-order valence-corrected chi connectivity index (χ1v) is 9.97. The van der Waals surface area contributed by atoms with Crippen LogP contribution in [0.1, 0.15) is 5.56 Å². The Morgan fingerprint density at radius 1 is 1.12 bits per heavy atom. The quantitative estimate of drug-likeness (QED) is 0.679. The number of benzene rings is 2. The fourth-order valence-corrected chi connectivity index (χ4v) is 4.53. The number of anilines is 1. The molecule has 1 aromatic heterocycles. The molecule has 0 aliphatic carbocycles. The van der Waals surface area contributed by atoms with Gasteiger partial charge in [-0.05, 0) is 42.8 Å². The van der Waals surface area contributed by atoms with Gasteiger partial charge in [0.1, 0.15) is 5.75 Å². The molecule has 0 saturated carbocycles. The van der Waals surface area contributed by atoms with Gasteiger partial charge >= 0.3 is 0 Å². The van der Waals surface area contributed by atoms with Crippen LogP contribution in [0, 0.1) is 6.92 Å². The summed E-state index contributed by atoms with van der Waals surface area (Å²) in [4.78, 5) is 12.0. The lowest BCUT2D eigenvalue weighted by Crippen LogP contribution is -2.17. The van der Waals surface area contributed by atoms with Crippen LogP contribution >= 0.6 is 15.9 Å². The molecule has 0 aliphatic heterocycles. The monoisotopic (exact) mass is 436 g/mol. The molecule has 6 nitrogen and oxygen atoms in total. The largest absolute Gasteiger partial charge is 0.494 e. The van der Waals surface area contributed by atoms with E-state index in [1.807, 2.05) is 0 Å². The number of rotatable bonds is 4. The van der Waals surface area contributed by atoms with Gasteiger partial charge in [-0.15, -0.1) is 0 Å². The Balaban J connectivity index is 2.13. The molecule has 2 aromatic carbocycles. The summed E-state index contributed by atoms with van der Waals surface area (Å²) in [6.45, 7) is 1.73. The minimum Gasteiger partial charge on any atom is -0.494 e. The Kier molecular flexibility index (Phi) is 4.81. The van der Waals surface area contributed by atoms with E-state index in [-0.39, 0.29) is 10.5 Å². The first-order chi connectivity index (χ1) is 12.2. The zero-order valence-electron chi connectivity index (χ0n) is 14.4. The van der Waals surface area contributed by atoms with E-state index in [0.29, 0.717) is 22.5 Å². The zero-order chi connectivity index (χ0) is 19.1. The molecule has 0 atom stereocenters. The normalized spacial score (nSPS) is 11.5. The molecule has 1 N–H and O–H groups in total. The predicted molar refractivity (Wildman–Crippen MR) is 105 cm³/mol. The van der Waals surface area contributed by atoms with Crippen molar-refractivity contribution in [1.29, 1.82) is 0 Å². The number of nitrogens with one attached hydrogen (secondary N) is 1. The van der Waals surface area contributed by atoms with Gasteiger partial charge in [-0.25, -0.2) is 8.42 Å². The summed E-state index contributed by atoms with van der Waals surface area (Å²) in [5.74, 6) is 0.331. The summed E-state index contributed by atoms with van der Waals surface area (Å²) in [6, 6.07) is 11.3. The molecule has 0 bridgehead atoms. The molecule has 26 heavy (non-hydrogen) atoms. The Hall–Kier alpha value is -2.32. The van der Waals surface area contributed by atoms with Crippen molar-refractivity contribution in [2.45, 2.75) is 11.8 Å². The molecule has 0 spiro atoms. The molecule has 3 aromatic rings. The van der Waals surface area contributed by atoms with E-state index in [9.17, 15) is 13.2 Å². The highest BCUT2D eigenvalue weighted by molar-refractivity contribution is 9.10. The molecule has 1 heterocycles. The van der Waals surface area contributed by atoms with Crippen LogP contribution in [-0.2, 0) is 17.1 Å². The van der Waals surface area contributed by atoms with E-state index in [1.165, 1.54) is 17.7 Å². The van der Waals surface area contributed by atoms with Crippen LogP contribution in [0.3, 0.4) is 0 Å². The number of hydrogen-bond acceptors (Lipinski definition) is 4. The fraction of sp³-hybridized carbons (Fsp3) is 0.167. The van der Waals surface area contributed by atoms with Gasteiger partial charge in [0, 0.05) is 29.0 Å². The van der Waals surface area contributed by atoms with Gasteiger partial charge in [-0.3, -0.25) is 9.52 Å². The standard InChI is InChI=1S/C18H17BrN2O4S/c1-11-8-13(19)5-6-17(11)26(23,24)20-14-9-12-4-7-18(22)21(2)15(12)10-16(14)25-3/h4-10,20H,1-3H3. The van der Waals surface area contributed by atoms with Gasteiger partial charge in [0.25, 0.3) is 15.6 Å². The topological polar surface area (TPSA) is 77.4 Å². The first-order valence-electron chi connectivity index (χ1n) is 7.69. The van der Waals surface area contributed by atoms with Crippen molar-refractivity contribution in [2.75, 3.05) is 11.8 Å². The van der Waals surface area contributed by atoms with Gasteiger partial charge in [0.15, 0.2) is 0 Å². The summed E-state index contributed by atoms with van der Waals surface area (Å²) in [5, 5.41) is 0.720. The third-order valence-electron chi connectivity index (χ3n) is 4.12. The number of fused-ring (bicyclic) bond motifs is 1. The lowest BCUT2D eigenvalue weighted by Gasteiger charge is -2.15. The minimum absolute atomic E-state index is 0.154. The van der Waals surface area contributed by atoms with E-state index >= 15 is 0 Å². The van der Waals surface area contributed by atoms with Crippen molar-refractivity contribution in [3.8, 4) is 5.75 Å². The van der Waals surface area contributed by atoms with Crippen molar-refractivity contribution in [3.05, 3.63) is 62.9 Å². The molecule has 0 saturated heterocycles. The zero-order valence-corrected chi connectivity index (χ0v) is 16.8. The summed E-state index contributed by atoms with van der Waals surface area (Å²) in [7, 11) is -0.698. The highest BCUT2D eigenvalue weighted by atomic mass is 79.9. The molecule has 0 radical (unpaired) electrons. The van der Waals surface area contributed by atoms with Gasteiger partial charge < -0.3 is 9.30 Å². The van der Waals surface area contributed by atoms with Crippen LogP contribution in [-0.4, -0.2) is 20.1 Å². The minimum atomic E-state index is -3.80. The lowest BCUT2D eigenvalue weighted by molar-refractivity contribution is 0.417. The molecule has 0 aliphatic rings. The third-order valence-corrected chi connectivity index (χ3v) is 6.14. The third kappa shape index (κ3) is 3.34. The molecule has 8 heteroatoms. The van der Waals surface area contributed by atoms with Crippen LogP contribution in [0.25, 0.3) is 10.9 Å². The molecule has 0 unspecified atom stereocenters. The number of pyridine rings is 1. The summed E-state index contributed by atoms with van der Waals surface area (Å²) < 4.78 is 35.8. The second-order valence-corrected chi connectivity index (χ2v) is 8.42. The predicted octanol–water partition coefficient (Wildman–Crippen LogP) is 3.42. The van der Waals surface area contributed by atoms with Crippen molar-refractivity contribution >= 4 is 42.5 Å². The Morgan fingerprint density at radius 3 is 2.50 bits per heavy atom. The second-order valence-electron chi connectivity index (χ2n) is 5.86. The number of methoxy groups -OCH3 is 1. The summed E-state index contributed by atoms with van der Waals surface area (Å²) in [6.07, 6.45) is 0. The van der Waals surface area contributed by atoms with Gasteiger partial charge in [0.05, 0.1) is 23.2 Å². The highest BCUT2D eigenvalue weighted by Gasteiger charge is 2.20. The van der Waals surface area contributed by atoms with E-state index in [0.717, 1.165) is 9.86 Å². The second kappa shape index (κ2) is 6.77. The Bertz CT molecular complexity index is 1170. The van der Waals surface area contributed by atoms with Crippen LogP contribution in [0.4, 0.5) is 5.69 Å². The molecule has 0 fully saturated rings. The van der Waals surface area contributed by atoms with Gasteiger partial charge in [0.2, 0.25) is 0 Å². The van der Waals surface area contributed by atoms with E-state index in [2.05, 4.69) is 20.7 Å². The number of halogens is 1. The fourth-order valence-electron chi connectivity index (χ4n) is 2.76. The molecule has 3 rings (SSSR count). The maximum Gasteiger partial charge on any atom is 0.262 e. The van der Waals surface area contributed by atoms with Crippen LogP contribution in [0.5, 0.6) is 5.75 Å². The van der Waals surface area contributed by atoms with E-state index < -0.39 is 10.0 Å². The highest BCUT2D eigenvalue weighted by Crippen LogP contribution is 2.32. The van der Waals surface area contributed by atoms with E-state index in [4.69, 9.17) is 4.74 Å². The average molecular weight is 437 g/mol. The molecule has 136 valence electrons. The molecule has 0 amide bonds. The van der Waals surface area contributed by atoms with Crippen LogP contribution < -0.4 is 15.0 Å². The molecular formula is C18H17BrN2O4S. The number of ether oxygens (including phenoxy) is 1. The Morgan fingerprint density at radius 2 is 1.85 bits per heavy atom. The van der Waals surface area contributed by atoms with Crippen LogP contribution in [0.2, 0.25) is 0 Å². The van der Waals surface area contributed by atoms with Gasteiger partial charge in [-0.1, -0.05) is 15.9 Å². The SMILES string of the molecule is COc1cc2c(ccc(=O)n2C)cc1NS(=O)(=O)c1ccc(Br)cc1C. The number of nitrogens with zero attached hydrogens (tertiary/aromatic N) is 1. The number of aromatic nitrogens is 1.